The monoisotopic (exact) mass is 494 g/mol. The summed E-state index contributed by atoms with van der Waals surface area (Å²) in [4.78, 5) is 22.5. The molecule has 7 heteroatoms. The molecule has 0 N–H and O–H groups in total. The number of carbonyl (C=O) groups excluding carboxylic acids is 1. The molecular weight excluding hydrogens is 460 g/mol. The van der Waals surface area contributed by atoms with Gasteiger partial charge in [-0.1, -0.05) is 24.1 Å². The van der Waals surface area contributed by atoms with E-state index in [1.807, 2.05) is 42.2 Å². The van der Waals surface area contributed by atoms with Gasteiger partial charge in [0, 0.05) is 76.2 Å². The Labute approximate surface area is 219 Å². The second-order valence-electron chi connectivity index (χ2n) is 9.88. The van der Waals surface area contributed by atoms with E-state index in [4.69, 9.17) is 6.42 Å². The van der Waals surface area contributed by atoms with Gasteiger partial charge in [-0.15, -0.1) is 11.5 Å². The highest BCUT2D eigenvalue weighted by molar-refractivity contribution is 5.96. The molecule has 0 spiro atoms. The Kier molecular flexibility index (Phi) is 7.38. The maximum absolute atomic E-state index is 13.5. The van der Waals surface area contributed by atoms with Crippen LogP contribution in [0.1, 0.15) is 32.6 Å². The van der Waals surface area contributed by atoms with Crippen molar-refractivity contribution in [3.63, 3.8) is 0 Å². The molecule has 0 aliphatic carbocycles. The third-order valence-corrected chi connectivity index (χ3v) is 7.53. The number of amides is 1. The van der Waals surface area contributed by atoms with Crippen LogP contribution < -0.4 is 9.80 Å². The Hall–Kier alpha value is -3.89. The number of aryl methyl sites for hydroxylation is 2. The molecule has 190 valence electrons. The van der Waals surface area contributed by atoms with Crippen molar-refractivity contribution >= 4 is 17.4 Å². The van der Waals surface area contributed by atoms with Gasteiger partial charge in [-0.25, -0.2) is 0 Å². The Bertz CT molecular complexity index is 1290. The normalized spacial score (nSPS) is 16.5. The van der Waals surface area contributed by atoms with Crippen molar-refractivity contribution in [1.82, 2.24) is 20.0 Å². The summed E-state index contributed by atoms with van der Waals surface area (Å²) in [6.45, 7) is 11.7. The van der Waals surface area contributed by atoms with E-state index >= 15 is 0 Å². The Morgan fingerprint density at radius 1 is 0.892 bits per heavy atom. The summed E-state index contributed by atoms with van der Waals surface area (Å²) < 4.78 is 0. The fourth-order valence-electron chi connectivity index (χ4n) is 5.33. The van der Waals surface area contributed by atoms with E-state index in [1.54, 1.807) is 6.20 Å². The Morgan fingerprint density at radius 2 is 1.62 bits per heavy atom. The minimum atomic E-state index is 0.119. The highest BCUT2D eigenvalue weighted by Gasteiger charge is 2.25. The number of hydrogen-bond donors (Lipinski definition) is 0. The lowest BCUT2D eigenvalue weighted by atomic mass is 9.98. The third-order valence-electron chi connectivity index (χ3n) is 7.53. The van der Waals surface area contributed by atoms with E-state index in [9.17, 15) is 4.79 Å². The van der Waals surface area contributed by atoms with Crippen LogP contribution in [0.4, 0.5) is 11.5 Å². The molecule has 3 heterocycles. The van der Waals surface area contributed by atoms with Crippen LogP contribution in [0.5, 0.6) is 0 Å². The topological polar surface area (TPSA) is 55.8 Å². The SMILES string of the molecule is C#Cc1ccccc1N1CCN(Cc2cc(C(=O)N3CCN(c4cccnn4)CC3)c(C)cc2C)CC1. The molecule has 3 aromatic rings. The lowest BCUT2D eigenvalue weighted by Gasteiger charge is -2.37. The lowest BCUT2D eigenvalue weighted by Crippen LogP contribution is -2.49. The minimum Gasteiger partial charge on any atom is -0.368 e. The minimum absolute atomic E-state index is 0.119. The zero-order valence-electron chi connectivity index (χ0n) is 21.7. The number of anilines is 2. The lowest BCUT2D eigenvalue weighted by molar-refractivity contribution is 0.0745. The van der Waals surface area contributed by atoms with Crippen LogP contribution in [0, 0.1) is 26.2 Å². The summed E-state index contributed by atoms with van der Waals surface area (Å²) >= 11 is 0. The number of para-hydroxylation sites is 1. The number of nitrogens with zero attached hydrogens (tertiary/aromatic N) is 6. The van der Waals surface area contributed by atoms with Gasteiger partial charge in [0.2, 0.25) is 0 Å². The number of carbonyl (C=O) groups is 1. The van der Waals surface area contributed by atoms with E-state index < -0.39 is 0 Å². The van der Waals surface area contributed by atoms with Crippen LogP contribution >= 0.6 is 0 Å². The first-order valence-corrected chi connectivity index (χ1v) is 13.0. The molecule has 0 radical (unpaired) electrons. The van der Waals surface area contributed by atoms with Gasteiger partial charge < -0.3 is 14.7 Å². The van der Waals surface area contributed by atoms with E-state index in [0.717, 1.165) is 74.0 Å². The van der Waals surface area contributed by atoms with Crippen molar-refractivity contribution in [2.24, 2.45) is 0 Å². The molecule has 0 unspecified atom stereocenters. The summed E-state index contributed by atoms with van der Waals surface area (Å²) in [5, 5.41) is 8.19. The summed E-state index contributed by atoms with van der Waals surface area (Å²) in [6, 6.07) is 16.3. The van der Waals surface area contributed by atoms with Gasteiger partial charge in [-0.05, 0) is 60.9 Å². The van der Waals surface area contributed by atoms with Crippen molar-refractivity contribution in [2.75, 3.05) is 62.2 Å². The van der Waals surface area contributed by atoms with Crippen molar-refractivity contribution in [3.8, 4) is 12.3 Å². The van der Waals surface area contributed by atoms with Crippen molar-refractivity contribution in [1.29, 1.82) is 0 Å². The van der Waals surface area contributed by atoms with E-state index in [1.165, 1.54) is 11.1 Å². The average Bonchev–Trinajstić information content (AvgIpc) is 2.95. The number of aromatic nitrogens is 2. The molecule has 2 saturated heterocycles. The predicted molar refractivity (Wildman–Crippen MR) is 148 cm³/mol. The maximum Gasteiger partial charge on any atom is 0.254 e. The van der Waals surface area contributed by atoms with Crippen molar-refractivity contribution in [3.05, 3.63) is 82.5 Å². The van der Waals surface area contributed by atoms with Crippen LogP contribution in [-0.4, -0.2) is 78.3 Å². The molecule has 0 bridgehead atoms. The zero-order valence-corrected chi connectivity index (χ0v) is 21.7. The average molecular weight is 495 g/mol. The first-order valence-electron chi connectivity index (χ1n) is 13.0. The van der Waals surface area contributed by atoms with Crippen molar-refractivity contribution in [2.45, 2.75) is 20.4 Å². The number of piperazine rings is 2. The van der Waals surface area contributed by atoms with Gasteiger partial charge in [0.25, 0.3) is 5.91 Å². The molecule has 2 fully saturated rings. The third kappa shape index (κ3) is 5.45. The second kappa shape index (κ2) is 11.0. The fourth-order valence-corrected chi connectivity index (χ4v) is 5.33. The molecule has 5 rings (SSSR count). The van der Waals surface area contributed by atoms with Gasteiger partial charge in [0.15, 0.2) is 5.82 Å². The van der Waals surface area contributed by atoms with Crippen molar-refractivity contribution < 1.29 is 4.79 Å². The molecule has 2 aliphatic rings. The molecule has 0 saturated carbocycles. The molecule has 2 aliphatic heterocycles. The number of rotatable bonds is 5. The van der Waals surface area contributed by atoms with Crippen LogP contribution in [0.2, 0.25) is 0 Å². The highest BCUT2D eigenvalue weighted by Crippen LogP contribution is 2.24. The van der Waals surface area contributed by atoms with Gasteiger partial charge in [-0.2, -0.15) is 5.10 Å². The van der Waals surface area contributed by atoms with Gasteiger partial charge >= 0.3 is 0 Å². The molecule has 7 nitrogen and oxygen atoms in total. The largest absolute Gasteiger partial charge is 0.368 e. The van der Waals surface area contributed by atoms with Gasteiger partial charge in [0.1, 0.15) is 0 Å². The van der Waals surface area contributed by atoms with E-state index in [2.05, 4.69) is 55.9 Å². The first kappa shape index (κ1) is 24.8. The van der Waals surface area contributed by atoms with Crippen LogP contribution in [0.25, 0.3) is 0 Å². The molecule has 1 aromatic heterocycles. The summed E-state index contributed by atoms with van der Waals surface area (Å²) in [5.74, 6) is 3.80. The number of hydrogen-bond acceptors (Lipinski definition) is 6. The van der Waals surface area contributed by atoms with Crippen LogP contribution in [-0.2, 0) is 6.54 Å². The molecular formula is C30H34N6O. The molecule has 2 aromatic carbocycles. The first-order chi connectivity index (χ1) is 18.0. The maximum atomic E-state index is 13.5. The Balaban J connectivity index is 1.22. The van der Waals surface area contributed by atoms with Crippen LogP contribution in [0.15, 0.2) is 54.7 Å². The summed E-state index contributed by atoms with van der Waals surface area (Å²) in [5.41, 5.74) is 6.41. The quantitative estimate of drug-likeness (QED) is 0.507. The predicted octanol–water partition coefficient (Wildman–Crippen LogP) is 3.36. The molecule has 37 heavy (non-hydrogen) atoms. The van der Waals surface area contributed by atoms with E-state index in [0.29, 0.717) is 13.1 Å². The Morgan fingerprint density at radius 3 is 2.32 bits per heavy atom. The van der Waals surface area contributed by atoms with Gasteiger partial charge in [0.05, 0.1) is 5.69 Å². The highest BCUT2D eigenvalue weighted by atomic mass is 16.2. The standard InChI is InChI=1S/C30H34N6O/c1-4-25-8-5-6-9-28(25)34-14-12-33(13-15-34)22-26-21-27(24(3)20-23(26)2)30(37)36-18-16-35(17-19-36)29-10-7-11-31-32-29/h1,5-11,20-21H,12-19,22H2,2-3H3. The van der Waals surface area contributed by atoms with Gasteiger partial charge in [-0.3, -0.25) is 9.69 Å². The fraction of sp³-hybridized carbons (Fsp3) is 0.367. The number of terminal acetylenes is 1. The van der Waals surface area contributed by atoms with Crippen LogP contribution in [0.3, 0.4) is 0 Å². The second-order valence-corrected chi connectivity index (χ2v) is 9.88. The smallest absolute Gasteiger partial charge is 0.254 e. The zero-order chi connectivity index (χ0) is 25.8. The molecule has 0 atom stereocenters. The number of benzene rings is 2. The summed E-state index contributed by atoms with van der Waals surface area (Å²) in [7, 11) is 0. The summed E-state index contributed by atoms with van der Waals surface area (Å²) in [6.07, 6.45) is 7.40. The van der Waals surface area contributed by atoms with E-state index in [-0.39, 0.29) is 5.91 Å². The molecule has 1 amide bonds.